The Balaban J connectivity index is 0.00000225. The molecule has 0 aromatic heterocycles. The van der Waals surface area contributed by atoms with Gasteiger partial charge < -0.3 is 16.0 Å². The molecule has 0 aromatic rings. The second kappa shape index (κ2) is 7.91. The van der Waals surface area contributed by atoms with Crippen LogP contribution < -0.4 is 11.1 Å². The summed E-state index contributed by atoms with van der Waals surface area (Å²) in [4.78, 5) is 40.1. The molecule has 1 unspecified atom stereocenters. The Morgan fingerprint density at radius 1 is 1.28 bits per heavy atom. The monoisotopic (exact) mass is 372 g/mol. The van der Waals surface area contributed by atoms with Crippen LogP contribution in [0.15, 0.2) is 0 Å². The number of hydrogen-bond acceptors (Lipinski definition) is 4. The Bertz CT molecular complexity index is 526. The molecule has 8 heteroatoms. The van der Waals surface area contributed by atoms with Crippen molar-refractivity contribution in [1.82, 2.24) is 15.1 Å². The molecular formula is C17H29ClN4O3. The van der Waals surface area contributed by atoms with Crippen molar-refractivity contribution in [3.63, 3.8) is 0 Å². The van der Waals surface area contributed by atoms with E-state index in [2.05, 4.69) is 5.32 Å². The van der Waals surface area contributed by atoms with Gasteiger partial charge in [-0.15, -0.1) is 12.4 Å². The standard InChI is InChI=1S/C17H28N4O3.ClH/c1-12(18)13-4-9-20(10-5-13)14(22)6-11-21-15(23)17(19-16(21)24)7-2-3-8-17;/h12-13H,2-11,18H2,1H3,(H,19,24);1H. The third-order valence-corrected chi connectivity index (χ3v) is 5.89. The number of hydrogen-bond donors (Lipinski definition) is 2. The zero-order valence-electron chi connectivity index (χ0n) is 14.8. The molecule has 4 amide bonds. The fraction of sp³-hybridized carbons (Fsp3) is 0.824. The fourth-order valence-corrected chi connectivity index (χ4v) is 4.24. The van der Waals surface area contributed by atoms with Crippen LogP contribution >= 0.6 is 12.4 Å². The molecule has 1 aliphatic carbocycles. The molecule has 3 N–H and O–H groups in total. The third kappa shape index (κ3) is 3.92. The maximum atomic E-state index is 12.6. The number of halogens is 1. The number of nitrogens with zero attached hydrogens (tertiary/aromatic N) is 2. The average molecular weight is 373 g/mol. The van der Waals surface area contributed by atoms with E-state index in [1.54, 1.807) is 0 Å². The molecule has 0 bridgehead atoms. The summed E-state index contributed by atoms with van der Waals surface area (Å²) in [6, 6.07) is -0.180. The van der Waals surface area contributed by atoms with Crippen LogP contribution in [0.1, 0.15) is 51.9 Å². The van der Waals surface area contributed by atoms with Crippen molar-refractivity contribution in [1.29, 1.82) is 0 Å². The predicted octanol–water partition coefficient (Wildman–Crippen LogP) is 1.25. The van der Waals surface area contributed by atoms with Crippen LogP contribution in [0, 0.1) is 5.92 Å². The lowest BCUT2D eigenvalue weighted by atomic mass is 9.91. The Hall–Kier alpha value is -1.34. The molecule has 0 radical (unpaired) electrons. The topological polar surface area (TPSA) is 95.7 Å². The lowest BCUT2D eigenvalue weighted by Crippen LogP contribution is -2.45. The van der Waals surface area contributed by atoms with Crippen molar-refractivity contribution in [3.8, 4) is 0 Å². The number of rotatable bonds is 4. The van der Waals surface area contributed by atoms with Crippen molar-refractivity contribution in [2.75, 3.05) is 19.6 Å². The zero-order valence-corrected chi connectivity index (χ0v) is 15.6. The maximum Gasteiger partial charge on any atom is 0.325 e. The quantitative estimate of drug-likeness (QED) is 0.726. The Labute approximate surface area is 155 Å². The number of nitrogens with two attached hydrogens (primary N) is 1. The van der Waals surface area contributed by atoms with E-state index in [1.165, 1.54) is 4.90 Å². The van der Waals surface area contributed by atoms with Gasteiger partial charge in [0.1, 0.15) is 5.54 Å². The molecule has 2 heterocycles. The molecule has 3 rings (SSSR count). The van der Waals surface area contributed by atoms with Gasteiger partial charge in [0, 0.05) is 32.1 Å². The molecule has 1 atom stereocenters. The molecule has 7 nitrogen and oxygen atoms in total. The molecule has 25 heavy (non-hydrogen) atoms. The van der Waals surface area contributed by atoms with Gasteiger partial charge in [0.15, 0.2) is 0 Å². The summed E-state index contributed by atoms with van der Waals surface area (Å²) in [6.45, 7) is 3.63. The van der Waals surface area contributed by atoms with Gasteiger partial charge in [0.25, 0.3) is 5.91 Å². The number of nitrogens with one attached hydrogen (secondary N) is 1. The van der Waals surface area contributed by atoms with E-state index in [0.717, 1.165) is 38.8 Å². The number of urea groups is 1. The minimum absolute atomic E-state index is 0. The fourth-order valence-electron chi connectivity index (χ4n) is 4.24. The summed E-state index contributed by atoms with van der Waals surface area (Å²) in [5.41, 5.74) is 5.24. The first kappa shape index (κ1) is 20.0. The zero-order chi connectivity index (χ0) is 17.3. The summed E-state index contributed by atoms with van der Waals surface area (Å²) >= 11 is 0. The normalized spacial score (nSPS) is 24.4. The molecule has 0 aromatic carbocycles. The first-order valence-electron chi connectivity index (χ1n) is 9.10. The highest BCUT2D eigenvalue weighted by atomic mass is 35.5. The smallest absolute Gasteiger partial charge is 0.325 e. The number of piperidine rings is 1. The molecule has 2 saturated heterocycles. The number of imide groups is 1. The number of carbonyl (C=O) groups is 3. The number of likely N-dealkylation sites (tertiary alicyclic amines) is 1. The van der Waals surface area contributed by atoms with E-state index in [-0.39, 0.29) is 49.3 Å². The van der Waals surface area contributed by atoms with E-state index in [0.29, 0.717) is 18.8 Å². The van der Waals surface area contributed by atoms with E-state index < -0.39 is 5.54 Å². The highest BCUT2D eigenvalue weighted by Crippen LogP contribution is 2.35. The van der Waals surface area contributed by atoms with Gasteiger partial charge >= 0.3 is 6.03 Å². The number of carbonyl (C=O) groups excluding carboxylic acids is 3. The largest absolute Gasteiger partial charge is 0.343 e. The highest BCUT2D eigenvalue weighted by molar-refractivity contribution is 6.07. The molecule has 3 fully saturated rings. The van der Waals surface area contributed by atoms with E-state index >= 15 is 0 Å². The van der Waals surface area contributed by atoms with Crippen LogP contribution in [-0.4, -0.2) is 58.9 Å². The third-order valence-electron chi connectivity index (χ3n) is 5.89. The van der Waals surface area contributed by atoms with Gasteiger partial charge in [-0.25, -0.2) is 4.79 Å². The van der Waals surface area contributed by atoms with Gasteiger partial charge in [-0.2, -0.15) is 0 Å². The van der Waals surface area contributed by atoms with Crippen LogP contribution in [-0.2, 0) is 9.59 Å². The summed E-state index contributed by atoms with van der Waals surface area (Å²) in [5, 5.41) is 2.85. The lowest BCUT2D eigenvalue weighted by molar-refractivity contribution is -0.134. The first-order chi connectivity index (χ1) is 11.4. The van der Waals surface area contributed by atoms with Gasteiger partial charge in [0.05, 0.1) is 0 Å². The summed E-state index contributed by atoms with van der Waals surface area (Å²) in [6.07, 6.45) is 5.42. The van der Waals surface area contributed by atoms with Crippen LogP contribution in [0.25, 0.3) is 0 Å². The minimum atomic E-state index is -0.685. The lowest BCUT2D eigenvalue weighted by Gasteiger charge is -2.34. The van der Waals surface area contributed by atoms with E-state index in [1.807, 2.05) is 11.8 Å². The maximum absolute atomic E-state index is 12.6. The second-order valence-corrected chi connectivity index (χ2v) is 7.50. The Morgan fingerprint density at radius 3 is 2.44 bits per heavy atom. The summed E-state index contributed by atoms with van der Waals surface area (Å²) in [5.74, 6) is 0.349. The van der Waals surface area contributed by atoms with Crippen molar-refractivity contribution >= 4 is 30.3 Å². The van der Waals surface area contributed by atoms with Gasteiger partial charge in [-0.05, 0) is 38.5 Å². The molecule has 3 aliphatic rings. The predicted molar refractivity (Wildman–Crippen MR) is 96.3 cm³/mol. The summed E-state index contributed by atoms with van der Waals surface area (Å²) < 4.78 is 0. The van der Waals surface area contributed by atoms with Crippen LogP contribution in [0.4, 0.5) is 4.79 Å². The first-order valence-corrected chi connectivity index (χ1v) is 9.10. The summed E-state index contributed by atoms with van der Waals surface area (Å²) in [7, 11) is 0. The molecule has 1 saturated carbocycles. The van der Waals surface area contributed by atoms with Crippen molar-refractivity contribution in [2.24, 2.45) is 11.7 Å². The Morgan fingerprint density at radius 2 is 1.88 bits per heavy atom. The van der Waals surface area contributed by atoms with Crippen molar-refractivity contribution in [3.05, 3.63) is 0 Å². The van der Waals surface area contributed by atoms with Crippen molar-refractivity contribution in [2.45, 2.75) is 63.5 Å². The minimum Gasteiger partial charge on any atom is -0.343 e. The van der Waals surface area contributed by atoms with Crippen molar-refractivity contribution < 1.29 is 14.4 Å². The average Bonchev–Trinajstić information content (AvgIpc) is 3.12. The van der Waals surface area contributed by atoms with Crippen LogP contribution in [0.5, 0.6) is 0 Å². The SMILES string of the molecule is CC(N)C1CCN(C(=O)CCN2C(=O)NC3(CCCC3)C2=O)CC1.Cl. The van der Waals surface area contributed by atoms with Gasteiger partial charge in [0.2, 0.25) is 5.91 Å². The second-order valence-electron chi connectivity index (χ2n) is 7.50. The van der Waals surface area contributed by atoms with Crippen LogP contribution in [0.3, 0.4) is 0 Å². The van der Waals surface area contributed by atoms with E-state index in [9.17, 15) is 14.4 Å². The molecule has 142 valence electrons. The molecule has 1 spiro atoms. The Kier molecular flexibility index (Phi) is 6.32. The van der Waals surface area contributed by atoms with Gasteiger partial charge in [-0.3, -0.25) is 14.5 Å². The van der Waals surface area contributed by atoms with Crippen LogP contribution in [0.2, 0.25) is 0 Å². The highest BCUT2D eigenvalue weighted by Gasteiger charge is 2.52. The van der Waals surface area contributed by atoms with Gasteiger partial charge in [-0.1, -0.05) is 12.8 Å². The molecule has 2 aliphatic heterocycles. The number of amides is 4. The van der Waals surface area contributed by atoms with E-state index in [4.69, 9.17) is 5.73 Å². The molecular weight excluding hydrogens is 344 g/mol.